The average molecular weight is 290 g/mol. The van der Waals surface area contributed by atoms with Crippen molar-refractivity contribution in [1.82, 2.24) is 5.32 Å². The third-order valence-corrected chi connectivity index (χ3v) is 4.13. The van der Waals surface area contributed by atoms with Crippen LogP contribution in [0, 0.1) is 11.3 Å². The second-order valence-corrected chi connectivity index (χ2v) is 5.76. The van der Waals surface area contributed by atoms with Crippen molar-refractivity contribution in [3.05, 3.63) is 24.3 Å². The van der Waals surface area contributed by atoms with Gasteiger partial charge in [-0.3, -0.25) is 4.79 Å². The average Bonchev–Trinajstić information content (AvgIpc) is 2.88. The molecule has 1 saturated heterocycles. The molecule has 21 heavy (non-hydrogen) atoms. The molecule has 1 atom stereocenters. The summed E-state index contributed by atoms with van der Waals surface area (Å²) in [6.45, 7) is 5.68. The lowest BCUT2D eigenvalue weighted by atomic mass is 9.75. The number of anilines is 2. The van der Waals surface area contributed by atoms with Crippen molar-refractivity contribution < 1.29 is 9.59 Å². The normalized spacial score (nSPS) is 21.3. The third kappa shape index (κ3) is 3.33. The molecular formula is C15H22N4O2. The fraction of sp³-hybridized carbons (Fsp3) is 0.467. The van der Waals surface area contributed by atoms with Crippen molar-refractivity contribution in [2.24, 2.45) is 17.1 Å². The smallest absolute Gasteiger partial charge is 0.316 e. The summed E-state index contributed by atoms with van der Waals surface area (Å²) in [5.41, 5.74) is 5.92. The van der Waals surface area contributed by atoms with Crippen molar-refractivity contribution in [1.29, 1.82) is 0 Å². The number of carbonyl (C=O) groups is 2. The van der Waals surface area contributed by atoms with Crippen molar-refractivity contribution >= 4 is 23.3 Å². The molecule has 1 aromatic rings. The van der Waals surface area contributed by atoms with Gasteiger partial charge in [-0.05, 0) is 37.1 Å². The number of hydrogen-bond donors (Lipinski definition) is 4. The Morgan fingerprint density at radius 1 is 1.29 bits per heavy atom. The Hall–Kier alpha value is -2.08. The molecular weight excluding hydrogens is 268 g/mol. The van der Waals surface area contributed by atoms with E-state index < -0.39 is 6.03 Å². The SMILES string of the molecule is CC(C)C1(C(=O)Nc2cccc(NC(N)=O)c2)CCNC1. The van der Waals surface area contributed by atoms with Crippen LogP contribution in [0.5, 0.6) is 0 Å². The van der Waals surface area contributed by atoms with Crippen LogP contribution in [0.4, 0.5) is 16.2 Å². The molecule has 114 valence electrons. The van der Waals surface area contributed by atoms with Crippen LogP contribution in [-0.4, -0.2) is 25.0 Å². The summed E-state index contributed by atoms with van der Waals surface area (Å²) in [7, 11) is 0. The van der Waals surface area contributed by atoms with E-state index in [1.807, 2.05) is 0 Å². The lowest BCUT2D eigenvalue weighted by Gasteiger charge is -2.31. The highest BCUT2D eigenvalue weighted by Gasteiger charge is 2.43. The summed E-state index contributed by atoms with van der Waals surface area (Å²) >= 11 is 0. The highest BCUT2D eigenvalue weighted by molar-refractivity contribution is 5.97. The van der Waals surface area contributed by atoms with Crippen LogP contribution in [0.3, 0.4) is 0 Å². The molecule has 1 unspecified atom stereocenters. The van der Waals surface area contributed by atoms with Gasteiger partial charge >= 0.3 is 6.03 Å². The largest absolute Gasteiger partial charge is 0.351 e. The molecule has 1 heterocycles. The maximum absolute atomic E-state index is 12.6. The number of amides is 3. The van der Waals surface area contributed by atoms with Gasteiger partial charge in [0.1, 0.15) is 0 Å². The van der Waals surface area contributed by atoms with E-state index >= 15 is 0 Å². The molecule has 3 amide bonds. The summed E-state index contributed by atoms with van der Waals surface area (Å²) in [4.78, 5) is 23.5. The minimum absolute atomic E-state index is 0.0127. The highest BCUT2D eigenvalue weighted by atomic mass is 16.2. The first kappa shape index (κ1) is 15.3. The van der Waals surface area contributed by atoms with E-state index in [0.717, 1.165) is 13.0 Å². The second-order valence-electron chi connectivity index (χ2n) is 5.76. The van der Waals surface area contributed by atoms with Gasteiger partial charge in [0, 0.05) is 17.9 Å². The molecule has 0 radical (unpaired) electrons. The summed E-state index contributed by atoms with van der Waals surface area (Å²) in [6, 6.07) is 6.34. The number of carbonyl (C=O) groups excluding carboxylic acids is 2. The van der Waals surface area contributed by atoms with E-state index in [0.29, 0.717) is 17.9 Å². The molecule has 1 aromatic carbocycles. The van der Waals surface area contributed by atoms with E-state index in [4.69, 9.17) is 5.73 Å². The monoisotopic (exact) mass is 290 g/mol. The van der Waals surface area contributed by atoms with Crippen LogP contribution in [-0.2, 0) is 4.79 Å². The maximum Gasteiger partial charge on any atom is 0.316 e. The predicted octanol–water partition coefficient (Wildman–Crippen LogP) is 1.75. The molecule has 1 fully saturated rings. The Kier molecular flexibility index (Phi) is 4.47. The minimum Gasteiger partial charge on any atom is -0.351 e. The van der Waals surface area contributed by atoms with Gasteiger partial charge in [0.25, 0.3) is 0 Å². The van der Waals surface area contributed by atoms with Gasteiger partial charge in [-0.15, -0.1) is 0 Å². The lowest BCUT2D eigenvalue weighted by molar-refractivity contribution is -0.126. The lowest BCUT2D eigenvalue weighted by Crippen LogP contribution is -2.42. The number of nitrogens with one attached hydrogen (secondary N) is 3. The first-order valence-electron chi connectivity index (χ1n) is 7.13. The fourth-order valence-corrected chi connectivity index (χ4v) is 2.73. The maximum atomic E-state index is 12.6. The van der Waals surface area contributed by atoms with Crippen LogP contribution in [0.25, 0.3) is 0 Å². The highest BCUT2D eigenvalue weighted by Crippen LogP contribution is 2.35. The Balaban J connectivity index is 2.13. The van der Waals surface area contributed by atoms with Gasteiger partial charge < -0.3 is 21.7 Å². The van der Waals surface area contributed by atoms with Crippen LogP contribution >= 0.6 is 0 Å². The topological polar surface area (TPSA) is 96.2 Å². The summed E-state index contributed by atoms with van der Waals surface area (Å²) in [6.07, 6.45) is 0.829. The van der Waals surface area contributed by atoms with Crippen molar-refractivity contribution in [3.8, 4) is 0 Å². The van der Waals surface area contributed by atoms with Gasteiger partial charge in [-0.25, -0.2) is 4.79 Å². The number of urea groups is 1. The number of nitrogens with two attached hydrogens (primary N) is 1. The number of primary amides is 1. The molecule has 0 bridgehead atoms. The van der Waals surface area contributed by atoms with Crippen molar-refractivity contribution in [2.75, 3.05) is 23.7 Å². The van der Waals surface area contributed by atoms with E-state index in [1.54, 1.807) is 24.3 Å². The van der Waals surface area contributed by atoms with E-state index in [2.05, 4.69) is 29.8 Å². The van der Waals surface area contributed by atoms with Crippen LogP contribution in [0.1, 0.15) is 20.3 Å². The fourth-order valence-electron chi connectivity index (χ4n) is 2.73. The first-order valence-corrected chi connectivity index (χ1v) is 7.13. The molecule has 0 aliphatic carbocycles. The van der Waals surface area contributed by atoms with E-state index in [9.17, 15) is 9.59 Å². The molecule has 6 heteroatoms. The van der Waals surface area contributed by atoms with Gasteiger partial charge in [0.15, 0.2) is 0 Å². The second kappa shape index (κ2) is 6.13. The van der Waals surface area contributed by atoms with Crippen molar-refractivity contribution in [2.45, 2.75) is 20.3 Å². The standard InChI is InChI=1S/C15H22N4O2/c1-10(2)15(6-7-17-9-15)13(20)18-11-4-3-5-12(8-11)19-14(16)21/h3-5,8,10,17H,6-7,9H2,1-2H3,(H,18,20)(H3,16,19,21). The Bertz CT molecular complexity index is 536. The number of hydrogen-bond acceptors (Lipinski definition) is 3. The van der Waals surface area contributed by atoms with Gasteiger partial charge in [0.05, 0.1) is 5.41 Å². The number of benzene rings is 1. The van der Waals surface area contributed by atoms with Gasteiger partial charge in [-0.2, -0.15) is 0 Å². The summed E-state index contributed by atoms with van der Waals surface area (Å²) in [5.74, 6) is 0.262. The third-order valence-electron chi connectivity index (χ3n) is 4.13. The summed E-state index contributed by atoms with van der Waals surface area (Å²) in [5, 5.41) is 8.71. The molecule has 2 rings (SSSR count). The zero-order chi connectivity index (χ0) is 15.5. The molecule has 6 nitrogen and oxygen atoms in total. The van der Waals surface area contributed by atoms with Crippen LogP contribution < -0.4 is 21.7 Å². The van der Waals surface area contributed by atoms with E-state index in [-0.39, 0.29) is 17.2 Å². The Morgan fingerprint density at radius 2 is 1.95 bits per heavy atom. The number of rotatable bonds is 4. The molecule has 0 aromatic heterocycles. The van der Waals surface area contributed by atoms with Crippen molar-refractivity contribution in [3.63, 3.8) is 0 Å². The van der Waals surface area contributed by atoms with Crippen LogP contribution in [0.15, 0.2) is 24.3 Å². The Morgan fingerprint density at radius 3 is 2.48 bits per heavy atom. The zero-order valence-corrected chi connectivity index (χ0v) is 12.4. The van der Waals surface area contributed by atoms with Gasteiger partial charge in [-0.1, -0.05) is 19.9 Å². The minimum atomic E-state index is -0.628. The summed E-state index contributed by atoms with van der Waals surface area (Å²) < 4.78 is 0. The molecule has 5 N–H and O–H groups in total. The first-order chi connectivity index (χ1) is 9.94. The predicted molar refractivity (Wildman–Crippen MR) is 83.0 cm³/mol. The zero-order valence-electron chi connectivity index (χ0n) is 12.4. The van der Waals surface area contributed by atoms with Gasteiger partial charge in [0.2, 0.25) is 5.91 Å². The quantitative estimate of drug-likeness (QED) is 0.680. The molecule has 0 spiro atoms. The van der Waals surface area contributed by atoms with Crippen LogP contribution in [0.2, 0.25) is 0 Å². The molecule has 1 aliphatic heterocycles. The molecule has 1 aliphatic rings. The molecule has 0 saturated carbocycles. The Labute approximate surface area is 124 Å². The van der Waals surface area contributed by atoms with E-state index in [1.165, 1.54) is 0 Å².